The Labute approximate surface area is 212 Å². The van der Waals surface area contributed by atoms with Gasteiger partial charge in [-0.2, -0.15) is 0 Å². The number of hydrogen-bond acceptors (Lipinski definition) is 4. The van der Waals surface area contributed by atoms with Crippen molar-refractivity contribution < 1.29 is 14.3 Å². The van der Waals surface area contributed by atoms with Crippen molar-refractivity contribution >= 4 is 23.6 Å². The number of carbonyl (C=O) groups excluding carboxylic acids is 2. The molecule has 0 aromatic heterocycles. The molecule has 2 aromatic carbocycles. The lowest BCUT2D eigenvalue weighted by atomic mass is 9.53. The molecule has 2 N–H and O–H groups in total. The Morgan fingerprint density at radius 3 is 2.40 bits per heavy atom. The molecule has 0 unspecified atom stereocenters. The predicted octanol–water partition coefficient (Wildman–Crippen LogP) is 5.15. The van der Waals surface area contributed by atoms with E-state index in [1.54, 1.807) is 7.11 Å². The number of amides is 2. The Hall–Kier alpha value is -2.47. The molecule has 2 amide bonds. The van der Waals surface area contributed by atoms with Gasteiger partial charge in [0, 0.05) is 17.0 Å². The molecule has 0 saturated heterocycles. The van der Waals surface area contributed by atoms with Gasteiger partial charge < -0.3 is 15.4 Å². The van der Waals surface area contributed by atoms with Gasteiger partial charge in [0.05, 0.1) is 18.4 Å². The van der Waals surface area contributed by atoms with Gasteiger partial charge in [0.15, 0.2) is 0 Å². The van der Waals surface area contributed by atoms with Gasteiger partial charge in [0.1, 0.15) is 5.75 Å². The zero-order valence-corrected chi connectivity index (χ0v) is 21.6. The Kier molecular flexibility index (Phi) is 7.10. The van der Waals surface area contributed by atoms with Crippen molar-refractivity contribution in [3.05, 3.63) is 59.2 Å². The van der Waals surface area contributed by atoms with Crippen LogP contribution in [0.25, 0.3) is 0 Å². The molecular formula is C29H36N2O3S. The molecule has 0 atom stereocenters. The summed E-state index contributed by atoms with van der Waals surface area (Å²) in [5.74, 6) is 3.58. The third-order valence-electron chi connectivity index (χ3n) is 8.05. The summed E-state index contributed by atoms with van der Waals surface area (Å²) in [7, 11) is 1.67. The standard InChI is InChI=1S/C29H36N2O3S/c1-19-7-8-25(34-2)23(11-19)9-10-30-28(33)24-5-3-4-6-26(24)35-18-27(32)31-29-15-20-12-21(16-29)14-22(13-20)17-29/h3-8,11,20-22H,9-10,12-18H2,1-2H3,(H,30,33)(H,31,32). The summed E-state index contributed by atoms with van der Waals surface area (Å²) in [4.78, 5) is 26.8. The van der Waals surface area contributed by atoms with Crippen LogP contribution < -0.4 is 15.4 Å². The Bertz CT molecular complexity index is 1060. The number of rotatable bonds is 9. The van der Waals surface area contributed by atoms with Gasteiger partial charge in [-0.1, -0.05) is 29.8 Å². The number of thioether (sulfide) groups is 1. The molecule has 4 aliphatic carbocycles. The van der Waals surface area contributed by atoms with Crippen molar-refractivity contribution in [2.24, 2.45) is 17.8 Å². The average molecular weight is 493 g/mol. The topological polar surface area (TPSA) is 67.4 Å². The van der Waals surface area contributed by atoms with E-state index in [0.29, 0.717) is 24.3 Å². The molecule has 4 fully saturated rings. The highest BCUT2D eigenvalue weighted by Crippen LogP contribution is 2.55. The maximum atomic E-state index is 13.0. The third-order valence-corrected chi connectivity index (χ3v) is 9.12. The summed E-state index contributed by atoms with van der Waals surface area (Å²) in [5, 5.41) is 6.48. The van der Waals surface area contributed by atoms with E-state index in [4.69, 9.17) is 4.74 Å². The van der Waals surface area contributed by atoms with Crippen molar-refractivity contribution in [3.63, 3.8) is 0 Å². The normalized spacial score (nSPS) is 26.4. The fourth-order valence-corrected chi connectivity index (χ4v) is 7.88. The fraction of sp³-hybridized carbons (Fsp3) is 0.517. The highest BCUT2D eigenvalue weighted by atomic mass is 32.2. The average Bonchev–Trinajstić information content (AvgIpc) is 2.82. The van der Waals surface area contributed by atoms with E-state index in [9.17, 15) is 9.59 Å². The zero-order valence-electron chi connectivity index (χ0n) is 20.8. The van der Waals surface area contributed by atoms with Gasteiger partial charge in [-0.25, -0.2) is 0 Å². The quantitative estimate of drug-likeness (QED) is 0.475. The largest absolute Gasteiger partial charge is 0.496 e. The molecule has 0 heterocycles. The molecule has 0 aliphatic heterocycles. The van der Waals surface area contributed by atoms with Gasteiger partial charge >= 0.3 is 0 Å². The Balaban J connectivity index is 1.15. The molecule has 5 nitrogen and oxygen atoms in total. The van der Waals surface area contributed by atoms with Crippen molar-refractivity contribution in [2.75, 3.05) is 19.4 Å². The van der Waals surface area contributed by atoms with Crippen LogP contribution in [0.5, 0.6) is 5.75 Å². The molecule has 186 valence electrons. The van der Waals surface area contributed by atoms with Crippen LogP contribution in [0.2, 0.25) is 0 Å². The number of nitrogens with one attached hydrogen (secondary N) is 2. The number of ether oxygens (including phenoxy) is 1. The smallest absolute Gasteiger partial charge is 0.252 e. The molecule has 0 spiro atoms. The summed E-state index contributed by atoms with van der Waals surface area (Å²) in [6, 6.07) is 13.6. The monoisotopic (exact) mass is 492 g/mol. The van der Waals surface area contributed by atoms with Gasteiger partial charge in [-0.3, -0.25) is 9.59 Å². The van der Waals surface area contributed by atoms with E-state index in [1.165, 1.54) is 36.6 Å². The van der Waals surface area contributed by atoms with Crippen LogP contribution in [0.3, 0.4) is 0 Å². The maximum absolute atomic E-state index is 13.0. The van der Waals surface area contributed by atoms with Crippen molar-refractivity contribution in [1.29, 1.82) is 0 Å². The SMILES string of the molecule is COc1ccc(C)cc1CCNC(=O)c1ccccc1SCC(=O)NC12CC3CC(CC(C3)C1)C2. The molecule has 6 heteroatoms. The number of aryl methyl sites for hydroxylation is 1. The van der Waals surface area contributed by atoms with Crippen LogP contribution >= 0.6 is 11.8 Å². The number of benzene rings is 2. The second-order valence-electron chi connectivity index (χ2n) is 10.9. The van der Waals surface area contributed by atoms with E-state index in [-0.39, 0.29) is 17.4 Å². The first-order valence-corrected chi connectivity index (χ1v) is 13.9. The highest BCUT2D eigenvalue weighted by Gasteiger charge is 2.51. The minimum absolute atomic E-state index is 0.0279. The van der Waals surface area contributed by atoms with Crippen LogP contribution in [-0.4, -0.2) is 36.8 Å². The second kappa shape index (κ2) is 10.3. The third kappa shape index (κ3) is 5.53. The van der Waals surface area contributed by atoms with E-state index in [0.717, 1.165) is 53.2 Å². The second-order valence-corrected chi connectivity index (χ2v) is 11.9. The van der Waals surface area contributed by atoms with E-state index in [2.05, 4.69) is 16.7 Å². The maximum Gasteiger partial charge on any atom is 0.252 e. The molecule has 4 aliphatic rings. The van der Waals surface area contributed by atoms with Crippen molar-refractivity contribution in [1.82, 2.24) is 10.6 Å². The fourth-order valence-electron chi connectivity index (χ4n) is 7.03. The zero-order chi connectivity index (χ0) is 24.4. The van der Waals surface area contributed by atoms with Crippen molar-refractivity contribution in [3.8, 4) is 5.75 Å². The predicted molar refractivity (Wildman–Crippen MR) is 140 cm³/mol. The minimum Gasteiger partial charge on any atom is -0.496 e. The lowest BCUT2D eigenvalue weighted by Gasteiger charge is -2.56. The van der Waals surface area contributed by atoms with Crippen LogP contribution in [0.1, 0.15) is 60.0 Å². The molecule has 6 rings (SSSR count). The van der Waals surface area contributed by atoms with Gasteiger partial charge in [-0.15, -0.1) is 11.8 Å². The first-order valence-electron chi connectivity index (χ1n) is 12.9. The van der Waals surface area contributed by atoms with Crippen molar-refractivity contribution in [2.45, 2.75) is 62.3 Å². The minimum atomic E-state index is -0.110. The van der Waals surface area contributed by atoms with E-state index < -0.39 is 0 Å². The first kappa shape index (κ1) is 24.2. The summed E-state index contributed by atoms with van der Waals surface area (Å²) in [5.41, 5.74) is 2.90. The number of carbonyl (C=O) groups is 2. The number of methoxy groups -OCH3 is 1. The van der Waals surface area contributed by atoms with Crippen LogP contribution in [0, 0.1) is 24.7 Å². The molecular weight excluding hydrogens is 456 g/mol. The van der Waals surface area contributed by atoms with Crippen LogP contribution in [0.15, 0.2) is 47.4 Å². The van der Waals surface area contributed by atoms with Gasteiger partial charge in [-0.05, 0) is 93.4 Å². The summed E-state index contributed by atoms with van der Waals surface area (Å²) in [6.07, 6.45) is 8.24. The van der Waals surface area contributed by atoms with Gasteiger partial charge in [0.25, 0.3) is 5.91 Å². The van der Waals surface area contributed by atoms with Crippen LogP contribution in [-0.2, 0) is 11.2 Å². The first-order chi connectivity index (χ1) is 16.9. The number of hydrogen-bond donors (Lipinski definition) is 2. The van der Waals surface area contributed by atoms with E-state index in [1.807, 2.05) is 43.3 Å². The molecule has 4 bridgehead atoms. The molecule has 2 aromatic rings. The summed E-state index contributed by atoms with van der Waals surface area (Å²) >= 11 is 1.46. The molecule has 35 heavy (non-hydrogen) atoms. The molecule has 4 saturated carbocycles. The Morgan fingerprint density at radius 2 is 1.71 bits per heavy atom. The highest BCUT2D eigenvalue weighted by molar-refractivity contribution is 8.00. The lowest BCUT2D eigenvalue weighted by Crippen LogP contribution is -2.60. The summed E-state index contributed by atoms with van der Waals surface area (Å²) in [6.45, 7) is 2.57. The Morgan fingerprint density at radius 1 is 1.03 bits per heavy atom. The lowest BCUT2D eigenvalue weighted by molar-refractivity contribution is -0.124. The molecule has 0 radical (unpaired) electrons. The van der Waals surface area contributed by atoms with E-state index >= 15 is 0 Å². The van der Waals surface area contributed by atoms with Crippen LogP contribution in [0.4, 0.5) is 0 Å². The summed E-state index contributed by atoms with van der Waals surface area (Å²) < 4.78 is 5.45. The van der Waals surface area contributed by atoms with Gasteiger partial charge in [0.2, 0.25) is 5.91 Å².